The lowest BCUT2D eigenvalue weighted by atomic mass is 10.0. The lowest BCUT2D eigenvalue weighted by Crippen LogP contribution is -2.34. The monoisotopic (exact) mass is 253 g/mol. The summed E-state index contributed by atoms with van der Waals surface area (Å²) in [7, 11) is 0. The summed E-state index contributed by atoms with van der Waals surface area (Å²) < 4.78 is 13.3. The van der Waals surface area contributed by atoms with Crippen molar-refractivity contribution in [1.29, 1.82) is 0 Å². The van der Waals surface area contributed by atoms with Gasteiger partial charge in [0.05, 0.1) is 5.92 Å². The molecule has 18 heavy (non-hydrogen) atoms. The van der Waals surface area contributed by atoms with E-state index in [1.807, 2.05) is 0 Å². The molecule has 0 saturated carbocycles. The molecule has 1 aromatic rings. The standard InChI is InChI=1S/C12H16FN3O2/c1-3-8(11(14)16-18)12(17)15-10-6-4-5-9(13)7(10)2/h4-6,8,18H,3H2,1-2H3,(H2,14,16)(H,15,17). The average Bonchev–Trinajstić information content (AvgIpc) is 2.35. The third-order valence-electron chi connectivity index (χ3n) is 2.72. The van der Waals surface area contributed by atoms with Crippen molar-refractivity contribution in [2.45, 2.75) is 20.3 Å². The molecular weight excluding hydrogens is 237 g/mol. The third-order valence-corrected chi connectivity index (χ3v) is 2.72. The maximum Gasteiger partial charge on any atom is 0.235 e. The molecule has 0 aliphatic heterocycles. The molecular formula is C12H16FN3O2. The van der Waals surface area contributed by atoms with Crippen LogP contribution in [0.1, 0.15) is 18.9 Å². The number of hydrogen-bond donors (Lipinski definition) is 3. The van der Waals surface area contributed by atoms with E-state index in [9.17, 15) is 9.18 Å². The highest BCUT2D eigenvalue weighted by molar-refractivity contribution is 6.07. The highest BCUT2D eigenvalue weighted by Gasteiger charge is 2.21. The number of anilines is 1. The molecule has 5 nitrogen and oxygen atoms in total. The van der Waals surface area contributed by atoms with E-state index in [2.05, 4.69) is 10.5 Å². The summed E-state index contributed by atoms with van der Waals surface area (Å²) in [5.74, 6) is -1.73. The van der Waals surface area contributed by atoms with Crippen molar-refractivity contribution >= 4 is 17.4 Å². The molecule has 0 bridgehead atoms. The molecule has 0 aliphatic rings. The van der Waals surface area contributed by atoms with Crippen LogP contribution in [-0.2, 0) is 4.79 Å². The van der Waals surface area contributed by atoms with Crippen LogP contribution in [0, 0.1) is 18.7 Å². The number of benzene rings is 1. The van der Waals surface area contributed by atoms with Gasteiger partial charge >= 0.3 is 0 Å². The minimum atomic E-state index is -0.738. The summed E-state index contributed by atoms with van der Waals surface area (Å²) in [6.07, 6.45) is 0.385. The molecule has 98 valence electrons. The zero-order valence-electron chi connectivity index (χ0n) is 10.3. The minimum Gasteiger partial charge on any atom is -0.409 e. The molecule has 4 N–H and O–H groups in total. The Balaban J connectivity index is 2.90. The Morgan fingerprint density at radius 3 is 2.83 bits per heavy atom. The number of oxime groups is 1. The first-order chi connectivity index (χ1) is 8.51. The van der Waals surface area contributed by atoms with E-state index in [1.165, 1.54) is 12.1 Å². The van der Waals surface area contributed by atoms with Crippen LogP contribution in [0.25, 0.3) is 0 Å². The molecule has 1 aromatic carbocycles. The van der Waals surface area contributed by atoms with E-state index < -0.39 is 17.6 Å². The molecule has 0 heterocycles. The van der Waals surface area contributed by atoms with Crippen molar-refractivity contribution in [3.8, 4) is 0 Å². The van der Waals surface area contributed by atoms with Crippen molar-refractivity contribution in [1.82, 2.24) is 0 Å². The van der Waals surface area contributed by atoms with E-state index in [1.54, 1.807) is 19.9 Å². The summed E-state index contributed by atoms with van der Waals surface area (Å²) in [5.41, 5.74) is 6.14. The Morgan fingerprint density at radius 1 is 1.61 bits per heavy atom. The molecule has 1 atom stereocenters. The first-order valence-corrected chi connectivity index (χ1v) is 5.54. The number of carbonyl (C=O) groups excluding carboxylic acids is 1. The van der Waals surface area contributed by atoms with E-state index in [4.69, 9.17) is 10.9 Å². The van der Waals surface area contributed by atoms with Gasteiger partial charge in [-0.1, -0.05) is 18.1 Å². The number of nitrogens with two attached hydrogens (primary N) is 1. The summed E-state index contributed by atoms with van der Waals surface area (Å²) >= 11 is 0. The van der Waals surface area contributed by atoms with Crippen LogP contribution >= 0.6 is 0 Å². The van der Waals surface area contributed by atoms with Gasteiger partial charge in [0, 0.05) is 11.3 Å². The number of halogens is 1. The smallest absolute Gasteiger partial charge is 0.235 e. The van der Waals surface area contributed by atoms with Crippen LogP contribution in [0.5, 0.6) is 0 Å². The zero-order valence-corrected chi connectivity index (χ0v) is 10.3. The van der Waals surface area contributed by atoms with Crippen molar-refractivity contribution < 1.29 is 14.4 Å². The number of nitrogens with zero attached hydrogens (tertiary/aromatic N) is 1. The van der Waals surface area contributed by atoms with Crippen LogP contribution < -0.4 is 11.1 Å². The van der Waals surface area contributed by atoms with Crippen molar-refractivity contribution in [2.24, 2.45) is 16.8 Å². The molecule has 1 rings (SSSR count). The number of nitrogens with one attached hydrogen (secondary N) is 1. The molecule has 0 saturated heterocycles. The Hall–Kier alpha value is -2.11. The highest BCUT2D eigenvalue weighted by atomic mass is 19.1. The highest BCUT2D eigenvalue weighted by Crippen LogP contribution is 2.18. The Labute approximate surface area is 104 Å². The molecule has 0 aliphatic carbocycles. The van der Waals surface area contributed by atoms with Crippen molar-refractivity contribution in [3.63, 3.8) is 0 Å². The predicted molar refractivity (Wildman–Crippen MR) is 67.0 cm³/mol. The Morgan fingerprint density at radius 2 is 2.28 bits per heavy atom. The fourth-order valence-electron chi connectivity index (χ4n) is 1.56. The number of amidine groups is 1. The van der Waals surface area contributed by atoms with Gasteiger partial charge in [-0.25, -0.2) is 4.39 Å². The summed E-state index contributed by atoms with van der Waals surface area (Å²) in [4.78, 5) is 11.9. The van der Waals surface area contributed by atoms with Gasteiger partial charge in [-0.05, 0) is 25.5 Å². The summed E-state index contributed by atoms with van der Waals surface area (Å²) in [6, 6.07) is 4.41. The van der Waals surface area contributed by atoms with Crippen LogP contribution in [0.4, 0.5) is 10.1 Å². The van der Waals surface area contributed by atoms with Gasteiger partial charge in [-0.2, -0.15) is 0 Å². The minimum absolute atomic E-state index is 0.163. The lowest BCUT2D eigenvalue weighted by molar-refractivity contribution is -0.118. The predicted octanol–water partition coefficient (Wildman–Crippen LogP) is 1.85. The van der Waals surface area contributed by atoms with Crippen LogP contribution in [0.15, 0.2) is 23.4 Å². The van der Waals surface area contributed by atoms with Crippen LogP contribution in [0.2, 0.25) is 0 Å². The van der Waals surface area contributed by atoms with Gasteiger partial charge < -0.3 is 16.3 Å². The van der Waals surface area contributed by atoms with Gasteiger partial charge in [0.15, 0.2) is 5.84 Å². The molecule has 0 spiro atoms. The van der Waals surface area contributed by atoms with Crippen LogP contribution in [-0.4, -0.2) is 17.0 Å². The molecule has 0 aromatic heterocycles. The Kier molecular flexibility index (Phi) is 4.65. The van der Waals surface area contributed by atoms with Gasteiger partial charge in [0.2, 0.25) is 5.91 Å². The van der Waals surface area contributed by atoms with Gasteiger partial charge in [0.1, 0.15) is 5.82 Å². The van der Waals surface area contributed by atoms with Crippen molar-refractivity contribution in [3.05, 3.63) is 29.6 Å². The second-order valence-corrected chi connectivity index (χ2v) is 3.89. The normalized spacial score (nSPS) is 13.2. The van der Waals surface area contributed by atoms with Gasteiger partial charge in [-0.15, -0.1) is 0 Å². The molecule has 0 fully saturated rings. The van der Waals surface area contributed by atoms with E-state index in [0.717, 1.165) is 0 Å². The third kappa shape index (κ3) is 2.97. The number of rotatable bonds is 4. The van der Waals surface area contributed by atoms with Crippen molar-refractivity contribution in [2.75, 3.05) is 5.32 Å². The van der Waals surface area contributed by atoms with Gasteiger partial charge in [0.25, 0.3) is 0 Å². The maximum atomic E-state index is 13.3. The zero-order chi connectivity index (χ0) is 13.7. The van der Waals surface area contributed by atoms with Crippen LogP contribution in [0.3, 0.4) is 0 Å². The lowest BCUT2D eigenvalue weighted by Gasteiger charge is -2.14. The van der Waals surface area contributed by atoms with E-state index in [-0.39, 0.29) is 5.84 Å². The molecule has 1 unspecified atom stereocenters. The van der Waals surface area contributed by atoms with E-state index >= 15 is 0 Å². The van der Waals surface area contributed by atoms with E-state index in [0.29, 0.717) is 17.7 Å². The quantitative estimate of drug-likeness (QED) is 0.331. The second kappa shape index (κ2) is 6.00. The number of carbonyl (C=O) groups is 1. The molecule has 1 amide bonds. The topological polar surface area (TPSA) is 87.7 Å². The first kappa shape index (κ1) is 14.0. The summed E-state index contributed by atoms with van der Waals surface area (Å²) in [6.45, 7) is 3.30. The van der Waals surface area contributed by atoms with Gasteiger partial charge in [-0.3, -0.25) is 4.79 Å². The second-order valence-electron chi connectivity index (χ2n) is 3.89. The molecule has 6 heteroatoms. The first-order valence-electron chi connectivity index (χ1n) is 5.54. The fraction of sp³-hybridized carbons (Fsp3) is 0.333. The Bertz CT molecular complexity index is 474. The average molecular weight is 253 g/mol. The largest absolute Gasteiger partial charge is 0.409 e. The SMILES string of the molecule is CCC(C(=O)Nc1cccc(F)c1C)C(N)=NO. The maximum absolute atomic E-state index is 13.3. The summed E-state index contributed by atoms with van der Waals surface area (Å²) in [5, 5.41) is 14.0. The molecule has 0 radical (unpaired) electrons. The number of amides is 1. The fourth-order valence-corrected chi connectivity index (χ4v) is 1.56. The number of hydrogen-bond acceptors (Lipinski definition) is 3.